The van der Waals surface area contributed by atoms with Crippen LogP contribution in [0.25, 0.3) is 0 Å². The van der Waals surface area contributed by atoms with Crippen molar-refractivity contribution in [3.63, 3.8) is 0 Å². The number of halogens is 3. The molecule has 0 amide bonds. The van der Waals surface area contributed by atoms with E-state index in [9.17, 15) is 4.39 Å². The van der Waals surface area contributed by atoms with Gasteiger partial charge in [0.1, 0.15) is 5.82 Å². The molecule has 0 spiro atoms. The van der Waals surface area contributed by atoms with Crippen molar-refractivity contribution in [3.8, 4) is 0 Å². The Bertz CT molecular complexity index is 241. The van der Waals surface area contributed by atoms with E-state index in [-0.39, 0.29) is 5.82 Å². The van der Waals surface area contributed by atoms with Crippen molar-refractivity contribution in [2.75, 3.05) is 0 Å². The minimum atomic E-state index is -0.283. The van der Waals surface area contributed by atoms with Crippen LogP contribution >= 0.6 is 38.5 Å². The van der Waals surface area contributed by atoms with Gasteiger partial charge in [0, 0.05) is 8.90 Å². The van der Waals surface area contributed by atoms with Crippen LogP contribution in [-0.4, -0.2) is 4.98 Å². The van der Waals surface area contributed by atoms with E-state index >= 15 is 0 Å². The number of pyridine rings is 1. The van der Waals surface area contributed by atoms with Crippen LogP contribution in [0.4, 0.5) is 4.39 Å². The van der Waals surface area contributed by atoms with E-state index in [1.54, 1.807) is 0 Å². The highest BCUT2D eigenvalue weighted by molar-refractivity contribution is 14.1. The maximum atomic E-state index is 12.4. The molecule has 4 heteroatoms. The van der Waals surface area contributed by atoms with Crippen molar-refractivity contribution in [2.45, 2.75) is 5.33 Å². The van der Waals surface area contributed by atoms with Crippen LogP contribution in [0.5, 0.6) is 0 Å². The molecular weight excluding hydrogens is 312 g/mol. The highest BCUT2D eigenvalue weighted by Gasteiger charge is 1.99. The zero-order valence-corrected chi connectivity index (χ0v) is 8.69. The summed E-state index contributed by atoms with van der Waals surface area (Å²) in [5, 5.41) is 0.672. The molecule has 10 heavy (non-hydrogen) atoms. The second kappa shape index (κ2) is 3.61. The minimum absolute atomic E-state index is 0.283. The molecule has 0 aliphatic carbocycles. The lowest BCUT2D eigenvalue weighted by atomic mass is 10.4. The molecule has 0 unspecified atom stereocenters. The SMILES string of the molecule is Fc1cnc(CBr)c(I)c1. The first-order chi connectivity index (χ1) is 4.74. The van der Waals surface area contributed by atoms with Crippen LogP contribution in [0.3, 0.4) is 0 Å². The lowest BCUT2D eigenvalue weighted by Gasteiger charge is -1.96. The third-order valence-corrected chi connectivity index (χ3v) is 2.48. The molecule has 0 aliphatic heterocycles. The molecule has 0 fully saturated rings. The highest BCUT2D eigenvalue weighted by Crippen LogP contribution is 2.13. The molecule has 0 atom stereocenters. The summed E-state index contributed by atoms with van der Waals surface area (Å²) in [6, 6.07) is 1.46. The average molecular weight is 316 g/mol. The normalized spacial score (nSPS) is 9.90. The van der Waals surface area contributed by atoms with Crippen molar-refractivity contribution in [1.82, 2.24) is 4.98 Å². The fraction of sp³-hybridized carbons (Fsp3) is 0.167. The molecule has 1 aromatic heterocycles. The van der Waals surface area contributed by atoms with Gasteiger partial charge >= 0.3 is 0 Å². The summed E-state index contributed by atoms with van der Waals surface area (Å²) in [4.78, 5) is 3.87. The van der Waals surface area contributed by atoms with Crippen LogP contribution in [0.2, 0.25) is 0 Å². The molecular formula is C6H4BrFIN. The third-order valence-electron chi connectivity index (χ3n) is 1.01. The van der Waals surface area contributed by atoms with Crippen LogP contribution in [0.15, 0.2) is 12.3 Å². The summed E-state index contributed by atoms with van der Waals surface area (Å²) in [5.41, 5.74) is 0.877. The fourth-order valence-electron chi connectivity index (χ4n) is 0.541. The summed E-state index contributed by atoms with van der Waals surface area (Å²) in [6.07, 6.45) is 1.22. The molecule has 1 aromatic rings. The summed E-state index contributed by atoms with van der Waals surface area (Å²) >= 11 is 5.30. The van der Waals surface area contributed by atoms with E-state index in [1.165, 1.54) is 12.3 Å². The molecule has 0 aromatic carbocycles. The van der Waals surface area contributed by atoms with Crippen molar-refractivity contribution in [3.05, 3.63) is 27.3 Å². The summed E-state index contributed by atoms with van der Waals surface area (Å²) in [6.45, 7) is 0. The second-order valence-electron chi connectivity index (χ2n) is 1.72. The van der Waals surface area contributed by atoms with Gasteiger partial charge in [0.15, 0.2) is 0 Å². The molecule has 0 radical (unpaired) electrons. The van der Waals surface area contributed by atoms with E-state index in [0.29, 0.717) is 5.33 Å². The smallest absolute Gasteiger partial charge is 0.142 e. The fourth-order valence-corrected chi connectivity index (χ4v) is 2.14. The van der Waals surface area contributed by atoms with Gasteiger partial charge < -0.3 is 0 Å². The zero-order valence-electron chi connectivity index (χ0n) is 4.94. The maximum absolute atomic E-state index is 12.4. The van der Waals surface area contributed by atoms with Gasteiger partial charge in [-0.3, -0.25) is 4.98 Å². The molecule has 1 rings (SSSR count). The largest absolute Gasteiger partial charge is 0.256 e. The Morgan fingerprint density at radius 3 is 2.90 bits per heavy atom. The average Bonchev–Trinajstić information content (AvgIpc) is 1.88. The minimum Gasteiger partial charge on any atom is -0.256 e. The first-order valence-corrected chi connectivity index (χ1v) is 4.80. The lowest BCUT2D eigenvalue weighted by molar-refractivity contribution is 0.618. The van der Waals surface area contributed by atoms with Crippen molar-refractivity contribution in [1.29, 1.82) is 0 Å². The van der Waals surface area contributed by atoms with Crippen LogP contribution < -0.4 is 0 Å². The second-order valence-corrected chi connectivity index (χ2v) is 3.44. The number of nitrogens with zero attached hydrogens (tertiary/aromatic N) is 1. The molecule has 0 bridgehead atoms. The molecule has 0 saturated heterocycles. The Balaban J connectivity index is 3.07. The Morgan fingerprint density at radius 1 is 1.70 bits per heavy atom. The van der Waals surface area contributed by atoms with Gasteiger partial charge in [-0.15, -0.1) is 0 Å². The zero-order chi connectivity index (χ0) is 7.56. The summed E-state index contributed by atoms with van der Waals surface area (Å²) in [7, 11) is 0. The highest BCUT2D eigenvalue weighted by atomic mass is 127. The van der Waals surface area contributed by atoms with Crippen molar-refractivity contribution in [2.24, 2.45) is 0 Å². The Hall–Kier alpha value is 0.290. The topological polar surface area (TPSA) is 12.9 Å². The van der Waals surface area contributed by atoms with Gasteiger partial charge in [-0.05, 0) is 28.7 Å². The van der Waals surface area contributed by atoms with Gasteiger partial charge in [-0.25, -0.2) is 4.39 Å². The predicted molar refractivity (Wildman–Crippen MR) is 49.5 cm³/mol. The van der Waals surface area contributed by atoms with E-state index in [0.717, 1.165) is 9.26 Å². The number of hydrogen-bond donors (Lipinski definition) is 0. The Morgan fingerprint density at radius 2 is 2.40 bits per heavy atom. The molecule has 1 nitrogen and oxygen atoms in total. The monoisotopic (exact) mass is 315 g/mol. The van der Waals surface area contributed by atoms with Crippen molar-refractivity contribution >= 4 is 38.5 Å². The first kappa shape index (κ1) is 8.39. The van der Waals surface area contributed by atoms with Crippen LogP contribution in [0, 0.1) is 9.39 Å². The summed E-state index contributed by atoms with van der Waals surface area (Å²) < 4.78 is 13.3. The van der Waals surface area contributed by atoms with Crippen molar-refractivity contribution < 1.29 is 4.39 Å². The van der Waals surface area contributed by atoms with E-state index in [2.05, 4.69) is 43.5 Å². The van der Waals surface area contributed by atoms with Crippen LogP contribution in [0.1, 0.15) is 5.69 Å². The quantitative estimate of drug-likeness (QED) is 0.573. The standard InChI is InChI=1S/C6H4BrFIN/c7-2-6-5(9)1-4(8)3-10-6/h1,3H,2H2. The number of aromatic nitrogens is 1. The maximum Gasteiger partial charge on any atom is 0.142 e. The Labute approximate surface area is 80.3 Å². The van der Waals surface area contributed by atoms with Gasteiger partial charge in [-0.2, -0.15) is 0 Å². The van der Waals surface area contributed by atoms with Gasteiger partial charge in [0.05, 0.1) is 11.9 Å². The molecule has 0 N–H and O–H groups in total. The number of rotatable bonds is 1. The number of alkyl halides is 1. The van der Waals surface area contributed by atoms with Gasteiger partial charge in [0.25, 0.3) is 0 Å². The molecule has 1 heterocycles. The van der Waals surface area contributed by atoms with E-state index in [4.69, 9.17) is 0 Å². The third kappa shape index (κ3) is 1.88. The first-order valence-electron chi connectivity index (χ1n) is 2.60. The van der Waals surface area contributed by atoms with Gasteiger partial charge in [-0.1, -0.05) is 15.9 Å². The Kier molecular flexibility index (Phi) is 3.03. The van der Waals surface area contributed by atoms with E-state index < -0.39 is 0 Å². The van der Waals surface area contributed by atoms with E-state index in [1.807, 2.05) is 0 Å². The number of hydrogen-bond acceptors (Lipinski definition) is 1. The van der Waals surface area contributed by atoms with Gasteiger partial charge in [0.2, 0.25) is 0 Å². The molecule has 0 aliphatic rings. The summed E-state index contributed by atoms with van der Waals surface area (Å²) in [5.74, 6) is -0.283. The predicted octanol–water partition coefficient (Wildman–Crippen LogP) is 2.72. The molecule has 0 saturated carbocycles. The van der Waals surface area contributed by atoms with Crippen LogP contribution in [-0.2, 0) is 5.33 Å². The molecule has 54 valence electrons. The lowest BCUT2D eigenvalue weighted by Crippen LogP contribution is -1.90.